The molecule has 148 valence electrons. The van der Waals surface area contributed by atoms with E-state index in [9.17, 15) is 14.4 Å². The third kappa shape index (κ3) is 3.82. The molecule has 0 fully saturated rings. The van der Waals surface area contributed by atoms with Gasteiger partial charge in [-0.2, -0.15) is 0 Å². The molecule has 0 aliphatic carbocycles. The Morgan fingerprint density at radius 3 is 2.83 bits per heavy atom. The molecule has 0 radical (unpaired) electrons. The Kier molecular flexibility index (Phi) is 4.99. The highest BCUT2D eigenvalue weighted by Gasteiger charge is 2.26. The summed E-state index contributed by atoms with van der Waals surface area (Å²) < 4.78 is 1.67. The highest BCUT2D eigenvalue weighted by atomic mass is 16.2. The van der Waals surface area contributed by atoms with Crippen molar-refractivity contribution in [3.63, 3.8) is 0 Å². The number of hydrogen-bond donors (Lipinski definition) is 3. The van der Waals surface area contributed by atoms with E-state index in [4.69, 9.17) is 0 Å². The lowest BCUT2D eigenvalue weighted by Crippen LogP contribution is -2.42. The van der Waals surface area contributed by atoms with Gasteiger partial charge < -0.3 is 5.32 Å². The first-order valence-electron chi connectivity index (χ1n) is 9.44. The minimum Gasteiger partial charge on any atom is -0.326 e. The topological polar surface area (TPSA) is 105 Å². The number of imidazole rings is 1. The summed E-state index contributed by atoms with van der Waals surface area (Å²) >= 11 is 0. The summed E-state index contributed by atoms with van der Waals surface area (Å²) in [5, 5.41) is 2.88. The third-order valence-corrected chi connectivity index (χ3v) is 5.07. The first kappa shape index (κ1) is 18.7. The molecule has 4 rings (SSSR count). The van der Waals surface area contributed by atoms with Crippen LogP contribution in [0, 0.1) is 12.8 Å². The fraction of sp³-hybridized carbons (Fsp3) is 0.238. The van der Waals surface area contributed by atoms with E-state index in [1.54, 1.807) is 29.7 Å². The predicted octanol–water partition coefficient (Wildman–Crippen LogP) is 1.99. The van der Waals surface area contributed by atoms with E-state index in [0.29, 0.717) is 29.9 Å². The third-order valence-electron chi connectivity index (χ3n) is 5.07. The summed E-state index contributed by atoms with van der Waals surface area (Å²) in [6.07, 6.45) is 2.87. The molecule has 1 aliphatic heterocycles. The van der Waals surface area contributed by atoms with Gasteiger partial charge in [0.1, 0.15) is 11.3 Å². The molecule has 3 aromatic rings. The van der Waals surface area contributed by atoms with Gasteiger partial charge in [-0.05, 0) is 43.5 Å². The molecule has 2 aromatic heterocycles. The predicted molar refractivity (Wildman–Crippen MR) is 107 cm³/mol. The molecule has 1 atom stereocenters. The quantitative estimate of drug-likeness (QED) is 0.592. The van der Waals surface area contributed by atoms with Gasteiger partial charge in [0, 0.05) is 24.2 Å². The normalized spacial score (nSPS) is 15.5. The molecule has 1 aliphatic rings. The number of aromatic nitrogens is 2. The molecular formula is C21H21N5O3. The van der Waals surface area contributed by atoms with Crippen LogP contribution in [0.4, 0.5) is 5.69 Å². The maximum atomic E-state index is 12.5. The van der Waals surface area contributed by atoms with Crippen molar-refractivity contribution in [2.75, 3.05) is 5.32 Å². The molecular weight excluding hydrogens is 370 g/mol. The maximum Gasteiger partial charge on any atom is 0.288 e. The van der Waals surface area contributed by atoms with Gasteiger partial charge in [0.25, 0.3) is 5.91 Å². The molecule has 8 nitrogen and oxygen atoms in total. The van der Waals surface area contributed by atoms with Gasteiger partial charge in [-0.1, -0.05) is 24.3 Å². The summed E-state index contributed by atoms with van der Waals surface area (Å²) in [5.41, 5.74) is 8.34. The molecule has 3 amide bonds. The van der Waals surface area contributed by atoms with Crippen LogP contribution in [-0.2, 0) is 16.0 Å². The molecule has 0 spiro atoms. The lowest BCUT2D eigenvalue weighted by molar-refractivity contribution is -0.123. The van der Waals surface area contributed by atoms with Crippen LogP contribution >= 0.6 is 0 Å². The highest BCUT2D eigenvalue weighted by Crippen LogP contribution is 2.27. The van der Waals surface area contributed by atoms with Crippen molar-refractivity contribution in [2.24, 2.45) is 5.92 Å². The van der Waals surface area contributed by atoms with E-state index in [-0.39, 0.29) is 24.2 Å². The van der Waals surface area contributed by atoms with Crippen molar-refractivity contribution in [3.8, 4) is 0 Å². The van der Waals surface area contributed by atoms with E-state index >= 15 is 0 Å². The smallest absolute Gasteiger partial charge is 0.288 e. The fourth-order valence-corrected chi connectivity index (χ4v) is 3.59. The summed E-state index contributed by atoms with van der Waals surface area (Å²) in [7, 11) is 0. The molecule has 0 saturated carbocycles. The average molecular weight is 391 g/mol. The number of fused-ring (bicyclic) bond motifs is 2. The van der Waals surface area contributed by atoms with E-state index < -0.39 is 5.91 Å². The van der Waals surface area contributed by atoms with Crippen LogP contribution in [0.3, 0.4) is 0 Å². The fourth-order valence-electron chi connectivity index (χ4n) is 3.59. The number of hydrazine groups is 1. The second kappa shape index (κ2) is 7.75. The highest BCUT2D eigenvalue weighted by molar-refractivity contribution is 5.97. The Bertz CT molecular complexity index is 1100. The number of amides is 3. The molecule has 3 N–H and O–H groups in total. The number of carbonyl (C=O) groups is 3. The summed E-state index contributed by atoms with van der Waals surface area (Å²) in [6.45, 7) is 1.74. The van der Waals surface area contributed by atoms with Crippen molar-refractivity contribution < 1.29 is 14.4 Å². The second-order valence-corrected chi connectivity index (χ2v) is 7.06. The number of nitrogens with one attached hydrogen (secondary N) is 3. The van der Waals surface area contributed by atoms with Crippen LogP contribution in [0.5, 0.6) is 0 Å². The average Bonchev–Trinajstić information content (AvgIpc) is 3.06. The van der Waals surface area contributed by atoms with Crippen LogP contribution in [0.1, 0.15) is 34.6 Å². The monoisotopic (exact) mass is 391 g/mol. The van der Waals surface area contributed by atoms with Crippen LogP contribution < -0.4 is 16.2 Å². The second-order valence-electron chi connectivity index (χ2n) is 7.06. The summed E-state index contributed by atoms with van der Waals surface area (Å²) in [6, 6.07) is 13.1. The van der Waals surface area contributed by atoms with E-state index in [2.05, 4.69) is 21.2 Å². The summed E-state index contributed by atoms with van der Waals surface area (Å²) in [4.78, 5) is 41.2. The molecule has 29 heavy (non-hydrogen) atoms. The molecule has 1 aromatic carbocycles. The maximum absolute atomic E-state index is 12.5. The minimum atomic E-state index is -0.445. The SMILES string of the molecule is Cc1nc2ccccn2c1C(=O)NNC(=O)CCC1Cc2ccccc2NC1=O. The first-order valence-corrected chi connectivity index (χ1v) is 9.44. The number of hydrogen-bond acceptors (Lipinski definition) is 4. The number of carbonyl (C=O) groups excluding carboxylic acids is 3. The Labute approximate surface area is 167 Å². The molecule has 8 heteroatoms. The largest absolute Gasteiger partial charge is 0.326 e. The molecule has 0 saturated heterocycles. The number of aryl methyl sites for hydroxylation is 1. The van der Waals surface area contributed by atoms with Gasteiger partial charge in [-0.25, -0.2) is 4.98 Å². The zero-order chi connectivity index (χ0) is 20.4. The summed E-state index contributed by atoms with van der Waals surface area (Å²) in [5.74, 6) is -1.15. The Morgan fingerprint density at radius 1 is 1.17 bits per heavy atom. The zero-order valence-corrected chi connectivity index (χ0v) is 15.9. The van der Waals surface area contributed by atoms with Crippen molar-refractivity contribution in [1.29, 1.82) is 0 Å². The zero-order valence-electron chi connectivity index (χ0n) is 15.9. The van der Waals surface area contributed by atoms with Gasteiger partial charge >= 0.3 is 0 Å². The number of pyridine rings is 1. The Hall–Kier alpha value is -3.68. The van der Waals surface area contributed by atoms with Crippen LogP contribution in [-0.4, -0.2) is 27.1 Å². The first-order chi connectivity index (χ1) is 14.0. The number of para-hydroxylation sites is 1. The van der Waals surface area contributed by atoms with Crippen molar-refractivity contribution >= 4 is 29.1 Å². The number of nitrogens with zero attached hydrogens (tertiary/aromatic N) is 2. The molecule has 1 unspecified atom stereocenters. The van der Waals surface area contributed by atoms with Gasteiger partial charge in [0.15, 0.2) is 0 Å². The van der Waals surface area contributed by atoms with Crippen molar-refractivity contribution in [1.82, 2.24) is 20.2 Å². The van der Waals surface area contributed by atoms with Crippen LogP contribution in [0.2, 0.25) is 0 Å². The van der Waals surface area contributed by atoms with Gasteiger partial charge in [-0.3, -0.25) is 29.6 Å². The van der Waals surface area contributed by atoms with E-state index in [1.165, 1.54) is 0 Å². The van der Waals surface area contributed by atoms with E-state index in [0.717, 1.165) is 11.3 Å². The van der Waals surface area contributed by atoms with Gasteiger partial charge in [0.2, 0.25) is 11.8 Å². The van der Waals surface area contributed by atoms with E-state index in [1.807, 2.05) is 30.3 Å². The lowest BCUT2D eigenvalue weighted by atomic mass is 9.89. The number of benzene rings is 1. The number of rotatable bonds is 4. The van der Waals surface area contributed by atoms with Gasteiger partial charge in [-0.15, -0.1) is 0 Å². The number of anilines is 1. The van der Waals surface area contributed by atoms with Crippen molar-refractivity contribution in [3.05, 3.63) is 65.6 Å². The lowest BCUT2D eigenvalue weighted by Gasteiger charge is -2.24. The minimum absolute atomic E-state index is 0.0816. The molecule has 3 heterocycles. The van der Waals surface area contributed by atoms with Crippen LogP contribution in [0.25, 0.3) is 5.65 Å². The molecule has 0 bridgehead atoms. The van der Waals surface area contributed by atoms with Crippen molar-refractivity contribution in [2.45, 2.75) is 26.2 Å². The standard InChI is InChI=1S/C21H21N5O3/c1-13-19(26-11-5-4-8-17(26)22-13)21(29)25-24-18(27)10-9-15-12-14-6-2-3-7-16(14)23-20(15)28/h2-8,11,15H,9-10,12H2,1H3,(H,23,28)(H,24,27)(H,25,29). The van der Waals surface area contributed by atoms with Crippen LogP contribution in [0.15, 0.2) is 48.7 Å². The Balaban J connectivity index is 1.32. The van der Waals surface area contributed by atoms with Gasteiger partial charge in [0.05, 0.1) is 5.69 Å². The Morgan fingerprint density at radius 2 is 1.97 bits per heavy atom.